The van der Waals surface area contributed by atoms with E-state index in [1.165, 1.54) is 16.8 Å². The zero-order valence-corrected chi connectivity index (χ0v) is 11.5. The largest absolute Gasteiger partial charge is 0.269 e. The molecule has 4 aromatic rings. The van der Waals surface area contributed by atoms with E-state index >= 15 is 0 Å². The topological polar surface area (TPSA) is 25.1 Å². The zero-order chi connectivity index (χ0) is 13.8. The third-order valence-corrected chi connectivity index (χ3v) is 4.25. The molecule has 100 valence electrons. The van der Waals surface area contributed by atoms with E-state index in [0.29, 0.717) is 0 Å². The first-order valence-electron chi connectivity index (χ1n) is 7.21. The number of nitrogens with zero attached hydrogens (tertiary/aromatic N) is 4. The summed E-state index contributed by atoms with van der Waals surface area (Å²) in [4.78, 5) is 0. The first-order valence-corrected chi connectivity index (χ1v) is 7.21. The van der Waals surface area contributed by atoms with E-state index in [0.717, 1.165) is 24.1 Å². The maximum atomic E-state index is 4.80. The van der Waals surface area contributed by atoms with Crippen LogP contribution in [-0.2, 0) is 13.1 Å². The maximum Gasteiger partial charge on any atom is 0.269 e. The predicted octanol–water partition coefficient (Wildman–Crippen LogP) is 1.74. The van der Waals surface area contributed by atoms with Crippen LogP contribution in [0.2, 0.25) is 0 Å². The van der Waals surface area contributed by atoms with Crippen molar-refractivity contribution in [3.63, 3.8) is 0 Å². The molecule has 0 amide bonds. The monoisotopic (exact) mass is 274 g/mol. The van der Waals surface area contributed by atoms with Gasteiger partial charge in [0.15, 0.2) is 24.8 Å². The lowest BCUT2D eigenvalue weighted by atomic mass is 10.1. The zero-order valence-electron chi connectivity index (χ0n) is 11.5. The standard InChI is InChI=1S/C17H14N4/c1-2-6-14-13(5-1)8-9-16-17-15-7-3-4-10-19(15)11-12-20(17)18-21(14)16/h1-10H,11-12H2/q+2. The fraction of sp³-hybridized carbons (Fsp3) is 0.118. The lowest BCUT2D eigenvalue weighted by Crippen LogP contribution is -2.53. The Hall–Kier alpha value is -2.75. The van der Waals surface area contributed by atoms with E-state index in [2.05, 4.69) is 74.6 Å². The Balaban J connectivity index is 1.95. The lowest BCUT2D eigenvalue weighted by molar-refractivity contribution is -0.823. The highest BCUT2D eigenvalue weighted by Crippen LogP contribution is 2.23. The highest BCUT2D eigenvalue weighted by molar-refractivity contribution is 5.85. The van der Waals surface area contributed by atoms with Crippen LogP contribution < -0.4 is 9.25 Å². The number of aryl methyl sites for hydroxylation is 2. The number of hydrogen-bond acceptors (Lipinski definition) is 1. The van der Waals surface area contributed by atoms with Crippen LogP contribution in [0.5, 0.6) is 0 Å². The van der Waals surface area contributed by atoms with Crippen LogP contribution in [0, 0.1) is 0 Å². The molecule has 0 aliphatic carbocycles. The number of pyridine rings is 2. The molecule has 0 radical (unpaired) electrons. The average Bonchev–Trinajstić information content (AvgIpc) is 2.94. The Labute approximate surface area is 121 Å². The maximum absolute atomic E-state index is 4.80. The van der Waals surface area contributed by atoms with Gasteiger partial charge in [0, 0.05) is 17.5 Å². The molecular formula is C17H14N4+2. The fourth-order valence-electron chi connectivity index (χ4n) is 3.26. The molecule has 3 aromatic heterocycles. The molecule has 0 fully saturated rings. The van der Waals surface area contributed by atoms with E-state index in [4.69, 9.17) is 5.21 Å². The minimum atomic E-state index is 0.910. The normalized spacial score (nSPS) is 13.3. The highest BCUT2D eigenvalue weighted by atomic mass is 15.5. The summed E-state index contributed by atoms with van der Waals surface area (Å²) in [5.74, 6) is 0. The summed E-state index contributed by atoms with van der Waals surface area (Å²) in [6.45, 7) is 1.88. The van der Waals surface area contributed by atoms with Gasteiger partial charge in [-0.25, -0.2) is 0 Å². The predicted molar refractivity (Wildman–Crippen MR) is 78.5 cm³/mol. The van der Waals surface area contributed by atoms with Crippen molar-refractivity contribution in [2.24, 2.45) is 0 Å². The van der Waals surface area contributed by atoms with Crippen LogP contribution in [0.4, 0.5) is 0 Å². The van der Waals surface area contributed by atoms with Gasteiger partial charge < -0.3 is 0 Å². The molecule has 0 spiro atoms. The van der Waals surface area contributed by atoms with Gasteiger partial charge in [-0.3, -0.25) is 0 Å². The summed E-state index contributed by atoms with van der Waals surface area (Å²) in [6.07, 6.45) is 2.14. The molecule has 1 aliphatic heterocycles. The van der Waals surface area contributed by atoms with Crippen molar-refractivity contribution in [2.45, 2.75) is 13.1 Å². The van der Waals surface area contributed by atoms with Crippen molar-refractivity contribution in [1.29, 1.82) is 0 Å². The average molecular weight is 274 g/mol. The van der Waals surface area contributed by atoms with Crippen molar-refractivity contribution in [3.05, 3.63) is 60.8 Å². The van der Waals surface area contributed by atoms with Gasteiger partial charge >= 0.3 is 0 Å². The first kappa shape index (κ1) is 11.0. The molecule has 0 saturated heterocycles. The summed E-state index contributed by atoms with van der Waals surface area (Å²) in [5, 5.41) is 6.01. The summed E-state index contributed by atoms with van der Waals surface area (Å²) in [7, 11) is 0. The number of aromatic nitrogens is 4. The van der Waals surface area contributed by atoms with Gasteiger partial charge in [-0.2, -0.15) is 4.57 Å². The van der Waals surface area contributed by atoms with Crippen LogP contribution in [0.25, 0.3) is 27.8 Å². The van der Waals surface area contributed by atoms with Crippen molar-refractivity contribution in [2.75, 3.05) is 0 Å². The van der Waals surface area contributed by atoms with E-state index in [1.807, 2.05) is 0 Å². The molecule has 4 nitrogen and oxygen atoms in total. The second-order valence-corrected chi connectivity index (χ2v) is 5.43. The van der Waals surface area contributed by atoms with Crippen LogP contribution >= 0.6 is 0 Å². The van der Waals surface area contributed by atoms with Gasteiger partial charge in [-0.15, -0.1) is 4.68 Å². The molecule has 5 rings (SSSR count). The number of rotatable bonds is 0. The van der Waals surface area contributed by atoms with E-state index in [9.17, 15) is 0 Å². The summed E-state index contributed by atoms with van der Waals surface area (Å²) >= 11 is 0. The molecule has 0 atom stereocenters. The van der Waals surface area contributed by atoms with Gasteiger partial charge in [0.2, 0.25) is 5.52 Å². The molecule has 0 saturated carbocycles. The van der Waals surface area contributed by atoms with Gasteiger partial charge in [0.25, 0.3) is 11.4 Å². The smallest absolute Gasteiger partial charge is 0.191 e. The highest BCUT2D eigenvalue weighted by Gasteiger charge is 2.33. The van der Waals surface area contributed by atoms with E-state index < -0.39 is 0 Å². The second kappa shape index (κ2) is 3.88. The van der Waals surface area contributed by atoms with Crippen LogP contribution in [-0.4, -0.2) is 9.73 Å². The van der Waals surface area contributed by atoms with Gasteiger partial charge in [0.05, 0.1) is 5.21 Å². The SMILES string of the molecule is c1cc[n+]2c(c1)-c1c3ccc4ccccc4n3n[n+]1CC2. The molecule has 4 heteroatoms. The Morgan fingerprint density at radius 1 is 0.857 bits per heavy atom. The van der Waals surface area contributed by atoms with Crippen molar-refractivity contribution in [1.82, 2.24) is 9.73 Å². The number of hydrogen-bond donors (Lipinski definition) is 0. The Morgan fingerprint density at radius 3 is 2.76 bits per heavy atom. The minimum Gasteiger partial charge on any atom is -0.191 e. The number of para-hydroxylation sites is 1. The van der Waals surface area contributed by atoms with Gasteiger partial charge in [-0.05, 0) is 24.3 Å². The quantitative estimate of drug-likeness (QED) is 0.448. The van der Waals surface area contributed by atoms with Crippen LogP contribution in [0.1, 0.15) is 0 Å². The Kier molecular flexibility index (Phi) is 2.03. The van der Waals surface area contributed by atoms with Crippen molar-refractivity contribution in [3.8, 4) is 11.4 Å². The number of fused-ring (bicyclic) bond motifs is 7. The second-order valence-electron chi connectivity index (χ2n) is 5.43. The van der Waals surface area contributed by atoms with Crippen LogP contribution in [0.15, 0.2) is 60.8 Å². The third kappa shape index (κ3) is 1.41. The molecular weight excluding hydrogens is 260 g/mol. The first-order chi connectivity index (χ1) is 10.4. The molecule has 0 unspecified atom stereocenters. The fourth-order valence-corrected chi connectivity index (χ4v) is 3.26. The molecule has 1 aliphatic rings. The molecule has 0 N–H and O–H groups in total. The minimum absolute atomic E-state index is 0.910. The Bertz CT molecular complexity index is 1000. The molecule has 21 heavy (non-hydrogen) atoms. The van der Waals surface area contributed by atoms with Gasteiger partial charge in [0.1, 0.15) is 0 Å². The molecule has 4 heterocycles. The van der Waals surface area contributed by atoms with E-state index in [-0.39, 0.29) is 0 Å². The third-order valence-electron chi connectivity index (χ3n) is 4.25. The van der Waals surface area contributed by atoms with Crippen molar-refractivity contribution < 1.29 is 9.25 Å². The molecule has 0 bridgehead atoms. The summed E-state index contributed by atoms with van der Waals surface area (Å²) < 4.78 is 6.48. The summed E-state index contributed by atoms with van der Waals surface area (Å²) in [6, 6.07) is 19.1. The lowest BCUT2D eigenvalue weighted by Gasteiger charge is -2.05. The number of benzene rings is 1. The summed E-state index contributed by atoms with van der Waals surface area (Å²) in [5.41, 5.74) is 4.74. The van der Waals surface area contributed by atoms with E-state index in [1.54, 1.807) is 0 Å². The molecule has 1 aromatic carbocycles. The van der Waals surface area contributed by atoms with Crippen LogP contribution in [0.3, 0.4) is 0 Å². The van der Waals surface area contributed by atoms with Crippen molar-refractivity contribution >= 4 is 16.4 Å². The van der Waals surface area contributed by atoms with Gasteiger partial charge in [-0.1, -0.05) is 22.7 Å². The Morgan fingerprint density at radius 2 is 1.76 bits per heavy atom.